The van der Waals surface area contributed by atoms with Gasteiger partial charge in [-0.2, -0.15) is 0 Å². The minimum absolute atomic E-state index is 0.0997. The molecule has 6 heteroatoms. The molecule has 1 aromatic rings. The van der Waals surface area contributed by atoms with Crippen molar-refractivity contribution in [3.63, 3.8) is 0 Å². The summed E-state index contributed by atoms with van der Waals surface area (Å²) in [5.74, 6) is -0.579. The van der Waals surface area contributed by atoms with Gasteiger partial charge in [-0.15, -0.1) is 0 Å². The standard InChI is InChI=1S/C13H18N2O4/c1-2-15(7-8-16)12(17)9-19-11-6-4-3-5-10(11)13(14)18/h3-6,16H,2,7-9H2,1H3,(H2,14,18). The van der Waals surface area contributed by atoms with Crippen molar-refractivity contribution in [3.05, 3.63) is 29.8 Å². The Kier molecular flexibility index (Phi) is 5.81. The summed E-state index contributed by atoms with van der Waals surface area (Å²) in [5.41, 5.74) is 5.44. The minimum Gasteiger partial charge on any atom is -0.483 e. The van der Waals surface area contributed by atoms with Crippen LogP contribution in [-0.4, -0.2) is 48.1 Å². The first-order valence-corrected chi connectivity index (χ1v) is 6.00. The number of carbonyl (C=O) groups is 2. The summed E-state index contributed by atoms with van der Waals surface area (Å²) < 4.78 is 5.32. The van der Waals surface area contributed by atoms with E-state index in [0.717, 1.165) is 0 Å². The number of nitrogens with zero attached hydrogens (tertiary/aromatic N) is 1. The van der Waals surface area contributed by atoms with Crippen molar-refractivity contribution in [2.75, 3.05) is 26.3 Å². The van der Waals surface area contributed by atoms with Crippen LogP contribution in [0.2, 0.25) is 0 Å². The first-order valence-electron chi connectivity index (χ1n) is 6.00. The molecule has 0 aliphatic heterocycles. The second-order valence-electron chi connectivity index (χ2n) is 3.85. The van der Waals surface area contributed by atoms with Crippen molar-refractivity contribution >= 4 is 11.8 Å². The number of nitrogens with two attached hydrogens (primary N) is 1. The molecule has 0 saturated heterocycles. The number of ether oxygens (including phenoxy) is 1. The number of primary amides is 1. The summed E-state index contributed by atoms with van der Waals surface area (Å²) in [6.07, 6.45) is 0. The molecule has 3 N–H and O–H groups in total. The molecule has 0 radical (unpaired) electrons. The molecule has 0 aliphatic carbocycles. The Bertz CT molecular complexity index is 448. The molecule has 0 fully saturated rings. The van der Waals surface area contributed by atoms with E-state index in [2.05, 4.69) is 0 Å². The van der Waals surface area contributed by atoms with Crippen LogP contribution in [0.4, 0.5) is 0 Å². The van der Waals surface area contributed by atoms with E-state index in [0.29, 0.717) is 6.54 Å². The quantitative estimate of drug-likeness (QED) is 0.726. The number of hydrogen-bond acceptors (Lipinski definition) is 4. The van der Waals surface area contributed by atoms with Gasteiger partial charge < -0.3 is 20.5 Å². The fourth-order valence-electron chi connectivity index (χ4n) is 1.61. The maximum atomic E-state index is 11.8. The van der Waals surface area contributed by atoms with Crippen LogP contribution in [0.15, 0.2) is 24.3 Å². The highest BCUT2D eigenvalue weighted by Crippen LogP contribution is 2.17. The molecule has 0 aromatic heterocycles. The van der Waals surface area contributed by atoms with Crippen LogP contribution in [-0.2, 0) is 4.79 Å². The number of para-hydroxylation sites is 1. The van der Waals surface area contributed by atoms with E-state index in [-0.39, 0.29) is 37.0 Å². The second-order valence-corrected chi connectivity index (χ2v) is 3.85. The van der Waals surface area contributed by atoms with Crippen LogP contribution < -0.4 is 10.5 Å². The highest BCUT2D eigenvalue weighted by molar-refractivity contribution is 5.95. The summed E-state index contributed by atoms with van der Waals surface area (Å²) in [4.78, 5) is 24.4. The van der Waals surface area contributed by atoms with E-state index in [1.54, 1.807) is 18.2 Å². The molecule has 19 heavy (non-hydrogen) atoms. The van der Waals surface area contributed by atoms with Crippen molar-refractivity contribution in [2.45, 2.75) is 6.92 Å². The summed E-state index contributed by atoms with van der Waals surface area (Å²) in [5, 5.41) is 8.82. The zero-order valence-electron chi connectivity index (χ0n) is 10.8. The molecule has 1 rings (SSSR count). The number of likely N-dealkylation sites (N-methyl/N-ethyl adjacent to an activating group) is 1. The van der Waals surface area contributed by atoms with Crippen LogP contribution in [0.1, 0.15) is 17.3 Å². The Hall–Kier alpha value is -2.08. The topological polar surface area (TPSA) is 92.9 Å². The predicted molar refractivity (Wildman–Crippen MR) is 69.8 cm³/mol. The SMILES string of the molecule is CCN(CCO)C(=O)COc1ccccc1C(N)=O. The van der Waals surface area contributed by atoms with Gasteiger partial charge in [-0.3, -0.25) is 9.59 Å². The van der Waals surface area contributed by atoms with Crippen LogP contribution in [0, 0.1) is 0 Å². The molecule has 6 nitrogen and oxygen atoms in total. The van der Waals surface area contributed by atoms with Gasteiger partial charge in [-0.1, -0.05) is 12.1 Å². The number of aliphatic hydroxyl groups is 1. The van der Waals surface area contributed by atoms with Crippen molar-refractivity contribution in [2.24, 2.45) is 5.73 Å². The Balaban J connectivity index is 2.66. The van der Waals surface area contributed by atoms with Crippen molar-refractivity contribution in [3.8, 4) is 5.75 Å². The van der Waals surface area contributed by atoms with Crippen LogP contribution in [0.25, 0.3) is 0 Å². The zero-order valence-corrected chi connectivity index (χ0v) is 10.8. The first-order chi connectivity index (χ1) is 9.10. The molecule has 0 heterocycles. The molecule has 1 aromatic carbocycles. The molecule has 0 aliphatic rings. The molecule has 104 valence electrons. The lowest BCUT2D eigenvalue weighted by Crippen LogP contribution is -2.36. The number of amides is 2. The highest BCUT2D eigenvalue weighted by Gasteiger charge is 2.14. The fourth-order valence-corrected chi connectivity index (χ4v) is 1.61. The molecular weight excluding hydrogens is 248 g/mol. The number of hydrogen-bond donors (Lipinski definition) is 2. The van der Waals surface area contributed by atoms with E-state index in [4.69, 9.17) is 15.6 Å². The lowest BCUT2D eigenvalue weighted by molar-refractivity contribution is -0.133. The number of rotatable bonds is 7. The van der Waals surface area contributed by atoms with E-state index >= 15 is 0 Å². The van der Waals surface area contributed by atoms with Gasteiger partial charge in [0, 0.05) is 13.1 Å². The summed E-state index contributed by atoms with van der Waals surface area (Å²) in [6, 6.07) is 6.47. The predicted octanol–water partition coefficient (Wildman–Crippen LogP) is 0.00510. The number of benzene rings is 1. The van der Waals surface area contributed by atoms with Crippen LogP contribution in [0.3, 0.4) is 0 Å². The molecule has 0 unspecified atom stereocenters. The largest absolute Gasteiger partial charge is 0.483 e. The Morgan fingerprint density at radius 3 is 2.63 bits per heavy atom. The van der Waals surface area contributed by atoms with Gasteiger partial charge in [0.2, 0.25) is 0 Å². The molecule has 2 amide bonds. The van der Waals surface area contributed by atoms with E-state index in [1.807, 2.05) is 6.92 Å². The third-order valence-corrected chi connectivity index (χ3v) is 2.61. The second kappa shape index (κ2) is 7.38. The van der Waals surface area contributed by atoms with Crippen molar-refractivity contribution in [1.82, 2.24) is 4.90 Å². The summed E-state index contributed by atoms with van der Waals surface area (Å²) in [6.45, 7) is 2.26. The molecule has 0 bridgehead atoms. The number of carbonyl (C=O) groups excluding carboxylic acids is 2. The van der Waals surface area contributed by atoms with Gasteiger partial charge in [0.25, 0.3) is 11.8 Å². The maximum absolute atomic E-state index is 11.8. The number of aliphatic hydroxyl groups excluding tert-OH is 1. The average Bonchev–Trinajstić information content (AvgIpc) is 2.42. The van der Waals surface area contributed by atoms with E-state index < -0.39 is 5.91 Å². The van der Waals surface area contributed by atoms with Gasteiger partial charge in [0.15, 0.2) is 6.61 Å². The third kappa shape index (κ3) is 4.26. The highest BCUT2D eigenvalue weighted by atomic mass is 16.5. The first kappa shape index (κ1) is 15.0. The monoisotopic (exact) mass is 266 g/mol. The Morgan fingerprint density at radius 1 is 1.37 bits per heavy atom. The van der Waals surface area contributed by atoms with Crippen LogP contribution >= 0.6 is 0 Å². The Labute approximate surface area is 111 Å². The average molecular weight is 266 g/mol. The smallest absolute Gasteiger partial charge is 0.260 e. The van der Waals surface area contributed by atoms with Crippen molar-refractivity contribution < 1.29 is 19.4 Å². The van der Waals surface area contributed by atoms with Gasteiger partial charge in [0.05, 0.1) is 12.2 Å². The van der Waals surface area contributed by atoms with E-state index in [1.165, 1.54) is 11.0 Å². The third-order valence-electron chi connectivity index (χ3n) is 2.61. The molecule has 0 atom stereocenters. The van der Waals surface area contributed by atoms with E-state index in [9.17, 15) is 9.59 Å². The molecule has 0 saturated carbocycles. The van der Waals surface area contributed by atoms with Crippen molar-refractivity contribution in [1.29, 1.82) is 0 Å². The fraction of sp³-hybridized carbons (Fsp3) is 0.385. The lowest BCUT2D eigenvalue weighted by atomic mass is 10.2. The zero-order chi connectivity index (χ0) is 14.3. The minimum atomic E-state index is -0.606. The molecule has 0 spiro atoms. The van der Waals surface area contributed by atoms with Gasteiger partial charge in [-0.25, -0.2) is 0 Å². The Morgan fingerprint density at radius 2 is 2.05 bits per heavy atom. The normalized spacial score (nSPS) is 10.0. The van der Waals surface area contributed by atoms with Gasteiger partial charge in [0.1, 0.15) is 5.75 Å². The maximum Gasteiger partial charge on any atom is 0.260 e. The summed E-state index contributed by atoms with van der Waals surface area (Å²) in [7, 11) is 0. The molecular formula is C13H18N2O4. The lowest BCUT2D eigenvalue weighted by Gasteiger charge is -2.20. The van der Waals surface area contributed by atoms with Crippen LogP contribution in [0.5, 0.6) is 5.75 Å². The van der Waals surface area contributed by atoms with Gasteiger partial charge in [-0.05, 0) is 19.1 Å². The van der Waals surface area contributed by atoms with Gasteiger partial charge >= 0.3 is 0 Å². The summed E-state index contributed by atoms with van der Waals surface area (Å²) >= 11 is 0.